The van der Waals surface area contributed by atoms with Gasteiger partial charge in [-0.15, -0.1) is 0 Å². The number of nitrogens with zero attached hydrogens (tertiary/aromatic N) is 2. The second-order valence-corrected chi connectivity index (χ2v) is 3.92. The molecule has 2 heterocycles. The first-order chi connectivity index (χ1) is 8.69. The molecule has 0 aliphatic rings. The number of carbonyl (C=O) groups excluding carboxylic acids is 1. The standard InChI is InChI=1S/C12H9N3O3/c1-15-11(8(6-16)5-13-15)7-2-3-10-9(4-7)14-12(17)18-10/h2-6H,1H3,(H,14,17). The first-order valence-corrected chi connectivity index (χ1v) is 5.29. The molecule has 0 bridgehead atoms. The van der Waals surface area contributed by atoms with E-state index in [4.69, 9.17) is 4.42 Å². The number of rotatable bonds is 2. The van der Waals surface area contributed by atoms with Crippen molar-refractivity contribution in [1.29, 1.82) is 0 Å². The lowest BCUT2D eigenvalue weighted by molar-refractivity contribution is 0.112. The molecule has 1 N–H and O–H groups in total. The molecule has 90 valence electrons. The van der Waals surface area contributed by atoms with E-state index >= 15 is 0 Å². The molecule has 0 saturated heterocycles. The highest BCUT2D eigenvalue weighted by molar-refractivity contribution is 5.88. The van der Waals surface area contributed by atoms with Gasteiger partial charge >= 0.3 is 5.76 Å². The summed E-state index contributed by atoms with van der Waals surface area (Å²) in [5, 5.41) is 4.04. The van der Waals surface area contributed by atoms with Crippen LogP contribution < -0.4 is 5.76 Å². The number of aromatic nitrogens is 3. The van der Waals surface area contributed by atoms with Crippen LogP contribution in [0, 0.1) is 0 Å². The molecule has 0 spiro atoms. The van der Waals surface area contributed by atoms with Crippen molar-refractivity contribution in [2.24, 2.45) is 7.05 Å². The Bertz CT molecular complexity index is 794. The van der Waals surface area contributed by atoms with Crippen molar-refractivity contribution in [3.8, 4) is 11.3 Å². The maximum atomic E-state index is 11.1. The van der Waals surface area contributed by atoms with Crippen molar-refractivity contribution < 1.29 is 9.21 Å². The van der Waals surface area contributed by atoms with Crippen molar-refractivity contribution in [2.75, 3.05) is 0 Å². The van der Waals surface area contributed by atoms with E-state index in [1.165, 1.54) is 6.20 Å². The summed E-state index contributed by atoms with van der Waals surface area (Å²) in [4.78, 5) is 24.6. The van der Waals surface area contributed by atoms with Crippen molar-refractivity contribution in [3.63, 3.8) is 0 Å². The third-order valence-electron chi connectivity index (χ3n) is 2.79. The zero-order chi connectivity index (χ0) is 12.7. The van der Waals surface area contributed by atoms with Gasteiger partial charge < -0.3 is 4.42 Å². The minimum Gasteiger partial charge on any atom is -0.408 e. The second-order valence-electron chi connectivity index (χ2n) is 3.92. The third-order valence-corrected chi connectivity index (χ3v) is 2.79. The maximum Gasteiger partial charge on any atom is 0.417 e. The van der Waals surface area contributed by atoms with Crippen LogP contribution >= 0.6 is 0 Å². The maximum absolute atomic E-state index is 11.1. The zero-order valence-corrected chi connectivity index (χ0v) is 9.51. The fraction of sp³-hybridized carbons (Fsp3) is 0.0833. The summed E-state index contributed by atoms with van der Waals surface area (Å²) in [6.45, 7) is 0. The zero-order valence-electron chi connectivity index (χ0n) is 9.51. The van der Waals surface area contributed by atoms with Crippen molar-refractivity contribution in [1.82, 2.24) is 14.8 Å². The molecule has 3 rings (SSSR count). The third kappa shape index (κ3) is 1.46. The highest BCUT2D eigenvalue weighted by Gasteiger charge is 2.11. The van der Waals surface area contributed by atoms with Crippen LogP contribution in [-0.4, -0.2) is 21.1 Å². The highest BCUT2D eigenvalue weighted by Crippen LogP contribution is 2.24. The molecule has 0 aliphatic heterocycles. The minimum atomic E-state index is -0.497. The number of oxazole rings is 1. The number of hydrogen-bond acceptors (Lipinski definition) is 4. The van der Waals surface area contributed by atoms with Gasteiger partial charge in [-0.3, -0.25) is 14.5 Å². The summed E-state index contributed by atoms with van der Waals surface area (Å²) in [6, 6.07) is 5.22. The average Bonchev–Trinajstić information content (AvgIpc) is 2.89. The number of aromatic amines is 1. The summed E-state index contributed by atoms with van der Waals surface area (Å²) in [6.07, 6.45) is 2.26. The van der Waals surface area contributed by atoms with Gasteiger partial charge in [0.05, 0.1) is 23.0 Å². The molecule has 18 heavy (non-hydrogen) atoms. The number of aldehydes is 1. The van der Waals surface area contributed by atoms with Gasteiger partial charge in [0, 0.05) is 12.6 Å². The second kappa shape index (κ2) is 3.69. The monoisotopic (exact) mass is 243 g/mol. The quantitative estimate of drug-likeness (QED) is 0.688. The van der Waals surface area contributed by atoms with Crippen LogP contribution in [0.15, 0.2) is 33.6 Å². The molecular formula is C12H9N3O3. The number of aryl methyl sites for hydroxylation is 1. The first-order valence-electron chi connectivity index (χ1n) is 5.29. The topological polar surface area (TPSA) is 80.9 Å². The fourth-order valence-electron chi connectivity index (χ4n) is 1.99. The molecule has 0 fully saturated rings. The minimum absolute atomic E-state index is 0.485. The lowest BCUT2D eigenvalue weighted by atomic mass is 10.1. The molecule has 2 aromatic heterocycles. The number of fused-ring (bicyclic) bond motifs is 1. The Labute approximate surface area is 101 Å². The van der Waals surface area contributed by atoms with Gasteiger partial charge in [0.1, 0.15) is 0 Å². The number of H-pyrrole nitrogens is 1. The molecule has 0 unspecified atom stereocenters. The van der Waals surface area contributed by atoms with Gasteiger partial charge in [0.25, 0.3) is 0 Å². The normalized spacial score (nSPS) is 10.9. The Morgan fingerprint density at radius 1 is 1.44 bits per heavy atom. The molecule has 0 amide bonds. The Morgan fingerprint density at radius 2 is 2.28 bits per heavy atom. The van der Waals surface area contributed by atoms with E-state index in [1.807, 2.05) is 0 Å². The summed E-state index contributed by atoms with van der Waals surface area (Å²) in [5.74, 6) is -0.497. The number of hydrogen-bond donors (Lipinski definition) is 1. The molecule has 6 nitrogen and oxygen atoms in total. The highest BCUT2D eigenvalue weighted by atomic mass is 16.4. The van der Waals surface area contributed by atoms with E-state index in [0.717, 1.165) is 11.8 Å². The van der Waals surface area contributed by atoms with E-state index in [9.17, 15) is 9.59 Å². The molecule has 3 aromatic rings. The SMILES string of the molecule is Cn1ncc(C=O)c1-c1ccc2oc(=O)[nH]c2c1. The smallest absolute Gasteiger partial charge is 0.408 e. The van der Waals surface area contributed by atoms with Crippen LogP contribution in [0.4, 0.5) is 0 Å². The lowest BCUT2D eigenvalue weighted by Crippen LogP contribution is -1.95. The van der Waals surface area contributed by atoms with Crippen LogP contribution in [0.2, 0.25) is 0 Å². The summed E-state index contributed by atoms with van der Waals surface area (Å²) in [7, 11) is 1.75. The number of nitrogens with one attached hydrogen (secondary N) is 1. The fourth-order valence-corrected chi connectivity index (χ4v) is 1.99. The van der Waals surface area contributed by atoms with Crippen molar-refractivity contribution in [2.45, 2.75) is 0 Å². The van der Waals surface area contributed by atoms with Crippen LogP contribution in [0.5, 0.6) is 0 Å². The Balaban J connectivity index is 2.27. The van der Waals surface area contributed by atoms with Gasteiger partial charge in [0.2, 0.25) is 0 Å². The predicted octanol–water partition coefficient (Wildman–Crippen LogP) is 1.33. The van der Waals surface area contributed by atoms with Crippen molar-refractivity contribution in [3.05, 3.63) is 40.5 Å². The molecule has 1 aromatic carbocycles. The van der Waals surface area contributed by atoms with Crippen molar-refractivity contribution >= 4 is 17.4 Å². The summed E-state index contributed by atoms with van der Waals surface area (Å²) in [5.41, 5.74) is 3.08. The van der Waals surface area contributed by atoms with Crippen LogP contribution in [0.1, 0.15) is 10.4 Å². The molecular weight excluding hydrogens is 234 g/mol. The Hall–Kier alpha value is -2.63. The van der Waals surface area contributed by atoms with E-state index in [2.05, 4.69) is 10.1 Å². The molecule has 0 radical (unpaired) electrons. The molecule has 0 atom stereocenters. The van der Waals surface area contributed by atoms with E-state index in [1.54, 1.807) is 29.9 Å². The largest absolute Gasteiger partial charge is 0.417 e. The molecule has 0 saturated carbocycles. The van der Waals surface area contributed by atoms with Gasteiger partial charge in [-0.05, 0) is 18.2 Å². The molecule has 0 aliphatic carbocycles. The first kappa shape index (κ1) is 10.5. The summed E-state index contributed by atoms with van der Waals surface area (Å²) < 4.78 is 6.54. The van der Waals surface area contributed by atoms with Crippen LogP contribution in [0.25, 0.3) is 22.4 Å². The van der Waals surface area contributed by atoms with E-state index < -0.39 is 5.76 Å². The lowest BCUT2D eigenvalue weighted by Gasteiger charge is -2.03. The summed E-state index contributed by atoms with van der Waals surface area (Å²) >= 11 is 0. The van der Waals surface area contributed by atoms with Gasteiger partial charge in [-0.25, -0.2) is 4.79 Å². The van der Waals surface area contributed by atoms with Gasteiger partial charge in [0.15, 0.2) is 11.9 Å². The Morgan fingerprint density at radius 3 is 3.06 bits per heavy atom. The van der Waals surface area contributed by atoms with E-state index in [-0.39, 0.29) is 0 Å². The number of benzene rings is 1. The van der Waals surface area contributed by atoms with Gasteiger partial charge in [-0.2, -0.15) is 5.10 Å². The van der Waals surface area contributed by atoms with Crippen LogP contribution in [-0.2, 0) is 7.05 Å². The Kier molecular flexibility index (Phi) is 2.16. The average molecular weight is 243 g/mol. The predicted molar refractivity (Wildman–Crippen MR) is 64.4 cm³/mol. The molecule has 6 heteroatoms. The van der Waals surface area contributed by atoms with Crippen LogP contribution in [0.3, 0.4) is 0 Å². The van der Waals surface area contributed by atoms with E-state index in [0.29, 0.717) is 22.4 Å². The number of carbonyl (C=O) groups is 1. The van der Waals surface area contributed by atoms with Gasteiger partial charge in [-0.1, -0.05) is 0 Å².